The molecule has 0 atom stereocenters. The summed E-state index contributed by atoms with van der Waals surface area (Å²) in [4.78, 5) is 0. The molecule has 0 saturated heterocycles. The summed E-state index contributed by atoms with van der Waals surface area (Å²) in [5.41, 5.74) is 4.57. The number of aryl methyl sites for hydroxylation is 1. The molecule has 0 N–H and O–H groups in total. The Morgan fingerprint density at radius 1 is 1.05 bits per heavy atom. The first-order valence-corrected chi connectivity index (χ1v) is 7.71. The summed E-state index contributed by atoms with van der Waals surface area (Å²) >= 11 is 12.4. The highest BCUT2D eigenvalue weighted by molar-refractivity contribution is 6.43. The zero-order chi connectivity index (χ0) is 15.7. The van der Waals surface area contributed by atoms with Gasteiger partial charge < -0.3 is 4.57 Å². The molecule has 3 nitrogen and oxygen atoms in total. The second kappa shape index (κ2) is 6.11. The molecule has 112 valence electrons. The van der Waals surface area contributed by atoms with Crippen molar-refractivity contribution in [3.63, 3.8) is 0 Å². The highest BCUT2D eigenvalue weighted by atomic mass is 35.5. The Kier molecular flexibility index (Phi) is 4.19. The standard InChI is InChI=1S/C17H15Cl2N3/c1-11-5-3-6-13(12(11)2)9-22-10-20-21-17(22)14-7-4-8-15(18)16(14)19/h3-8,10H,9H2,1-2H3. The maximum absolute atomic E-state index is 6.30. The minimum Gasteiger partial charge on any atom is -0.309 e. The topological polar surface area (TPSA) is 30.7 Å². The molecule has 0 radical (unpaired) electrons. The number of hydrogen-bond acceptors (Lipinski definition) is 2. The SMILES string of the molecule is Cc1cccc(Cn2cnnc2-c2cccc(Cl)c2Cl)c1C. The van der Waals surface area contributed by atoms with Crippen molar-refractivity contribution in [3.05, 3.63) is 69.5 Å². The van der Waals surface area contributed by atoms with E-state index >= 15 is 0 Å². The molecule has 0 spiro atoms. The smallest absolute Gasteiger partial charge is 0.165 e. The lowest BCUT2D eigenvalue weighted by atomic mass is 10.0. The van der Waals surface area contributed by atoms with Crippen molar-refractivity contribution < 1.29 is 0 Å². The van der Waals surface area contributed by atoms with Crippen LogP contribution >= 0.6 is 23.2 Å². The Morgan fingerprint density at radius 2 is 1.82 bits per heavy atom. The van der Waals surface area contributed by atoms with Crippen LogP contribution in [0.1, 0.15) is 16.7 Å². The molecule has 5 heteroatoms. The predicted molar refractivity (Wildman–Crippen MR) is 90.5 cm³/mol. The molecule has 0 aliphatic carbocycles. The van der Waals surface area contributed by atoms with E-state index in [1.165, 1.54) is 16.7 Å². The van der Waals surface area contributed by atoms with Gasteiger partial charge in [0.15, 0.2) is 5.82 Å². The molecule has 3 aromatic rings. The van der Waals surface area contributed by atoms with Gasteiger partial charge in [0.1, 0.15) is 6.33 Å². The lowest BCUT2D eigenvalue weighted by Crippen LogP contribution is -2.04. The molecule has 3 rings (SSSR count). The lowest BCUT2D eigenvalue weighted by Gasteiger charge is -2.12. The van der Waals surface area contributed by atoms with Crippen molar-refractivity contribution in [3.8, 4) is 11.4 Å². The van der Waals surface area contributed by atoms with Gasteiger partial charge in [0.2, 0.25) is 0 Å². The molecule has 0 aliphatic rings. The molecule has 0 bridgehead atoms. The summed E-state index contributed by atoms with van der Waals surface area (Å²) in [6, 6.07) is 11.8. The number of halogens is 2. The fourth-order valence-corrected chi connectivity index (χ4v) is 2.81. The van der Waals surface area contributed by atoms with E-state index in [1.807, 2.05) is 16.7 Å². The van der Waals surface area contributed by atoms with E-state index in [1.54, 1.807) is 12.4 Å². The number of nitrogens with zero attached hydrogens (tertiary/aromatic N) is 3. The molecule has 0 fully saturated rings. The van der Waals surface area contributed by atoms with E-state index in [9.17, 15) is 0 Å². The predicted octanol–water partition coefficient (Wildman–Crippen LogP) is 4.92. The maximum Gasteiger partial charge on any atom is 0.165 e. The molecule has 0 saturated carbocycles. The van der Waals surface area contributed by atoms with Crippen molar-refractivity contribution in [2.75, 3.05) is 0 Å². The Bertz CT molecular complexity index is 825. The fraction of sp³-hybridized carbons (Fsp3) is 0.176. The zero-order valence-corrected chi connectivity index (χ0v) is 13.9. The van der Waals surface area contributed by atoms with Gasteiger partial charge >= 0.3 is 0 Å². The van der Waals surface area contributed by atoms with E-state index in [2.05, 4.69) is 42.2 Å². The number of benzene rings is 2. The third kappa shape index (κ3) is 2.74. The second-order valence-electron chi connectivity index (χ2n) is 5.24. The summed E-state index contributed by atoms with van der Waals surface area (Å²) in [5, 5.41) is 9.25. The molecule has 0 unspecified atom stereocenters. The summed E-state index contributed by atoms with van der Waals surface area (Å²) < 4.78 is 1.99. The Hall–Kier alpha value is -1.84. The first-order valence-electron chi connectivity index (χ1n) is 6.95. The van der Waals surface area contributed by atoms with Crippen LogP contribution < -0.4 is 0 Å². The van der Waals surface area contributed by atoms with Gasteiger partial charge in [-0.15, -0.1) is 10.2 Å². The van der Waals surface area contributed by atoms with Crippen LogP contribution in [0, 0.1) is 13.8 Å². The molecule has 0 aliphatic heterocycles. The Labute approximate surface area is 139 Å². The van der Waals surface area contributed by atoms with Crippen LogP contribution in [0.2, 0.25) is 10.0 Å². The average molecular weight is 332 g/mol. The minimum absolute atomic E-state index is 0.499. The van der Waals surface area contributed by atoms with Gasteiger partial charge in [-0.3, -0.25) is 0 Å². The number of hydrogen-bond donors (Lipinski definition) is 0. The molecule has 1 aromatic heterocycles. The van der Waals surface area contributed by atoms with Crippen molar-refractivity contribution >= 4 is 23.2 Å². The van der Waals surface area contributed by atoms with E-state index in [0.717, 1.165) is 5.56 Å². The van der Waals surface area contributed by atoms with Crippen molar-refractivity contribution in [2.24, 2.45) is 0 Å². The summed E-state index contributed by atoms with van der Waals surface area (Å²) in [6.45, 7) is 4.93. The van der Waals surface area contributed by atoms with Gasteiger partial charge in [-0.1, -0.05) is 47.5 Å². The Morgan fingerprint density at radius 3 is 2.64 bits per heavy atom. The molecular weight excluding hydrogens is 317 g/mol. The average Bonchev–Trinajstić information content (AvgIpc) is 2.95. The molecule has 2 aromatic carbocycles. The van der Waals surface area contributed by atoms with Crippen LogP contribution in [0.3, 0.4) is 0 Å². The largest absolute Gasteiger partial charge is 0.309 e. The molecule has 22 heavy (non-hydrogen) atoms. The van der Waals surface area contributed by atoms with E-state index in [0.29, 0.717) is 22.4 Å². The summed E-state index contributed by atoms with van der Waals surface area (Å²) in [7, 11) is 0. The third-order valence-corrected chi connectivity index (χ3v) is 4.68. The van der Waals surface area contributed by atoms with Gasteiger partial charge in [0.25, 0.3) is 0 Å². The molecule has 0 amide bonds. The van der Waals surface area contributed by atoms with Crippen molar-refractivity contribution in [2.45, 2.75) is 20.4 Å². The van der Waals surface area contributed by atoms with Crippen molar-refractivity contribution in [1.82, 2.24) is 14.8 Å². The minimum atomic E-state index is 0.499. The number of aromatic nitrogens is 3. The van der Waals surface area contributed by atoms with E-state index < -0.39 is 0 Å². The van der Waals surface area contributed by atoms with Crippen molar-refractivity contribution in [1.29, 1.82) is 0 Å². The van der Waals surface area contributed by atoms with Gasteiger partial charge in [-0.25, -0.2) is 0 Å². The maximum atomic E-state index is 6.30. The Balaban J connectivity index is 2.03. The fourth-order valence-electron chi connectivity index (χ4n) is 2.42. The monoisotopic (exact) mass is 331 g/mol. The van der Waals surface area contributed by atoms with Crippen LogP contribution in [0.15, 0.2) is 42.7 Å². The van der Waals surface area contributed by atoms with E-state index in [4.69, 9.17) is 23.2 Å². The quantitative estimate of drug-likeness (QED) is 0.682. The second-order valence-corrected chi connectivity index (χ2v) is 6.03. The highest BCUT2D eigenvalue weighted by Gasteiger charge is 2.14. The third-order valence-electron chi connectivity index (χ3n) is 3.87. The van der Waals surface area contributed by atoms with Gasteiger partial charge in [-0.05, 0) is 42.7 Å². The van der Waals surface area contributed by atoms with Crippen LogP contribution in [-0.2, 0) is 6.54 Å². The van der Waals surface area contributed by atoms with Crippen LogP contribution in [0.4, 0.5) is 0 Å². The number of rotatable bonds is 3. The first kappa shape index (κ1) is 15.1. The summed E-state index contributed by atoms with van der Waals surface area (Å²) in [6.07, 6.45) is 1.72. The van der Waals surface area contributed by atoms with Crippen LogP contribution in [-0.4, -0.2) is 14.8 Å². The lowest BCUT2D eigenvalue weighted by molar-refractivity contribution is 0.796. The van der Waals surface area contributed by atoms with Gasteiger partial charge in [0, 0.05) is 5.56 Å². The van der Waals surface area contributed by atoms with Gasteiger partial charge in [-0.2, -0.15) is 0 Å². The zero-order valence-electron chi connectivity index (χ0n) is 12.3. The van der Waals surface area contributed by atoms with Gasteiger partial charge in [0.05, 0.1) is 16.6 Å². The molecular formula is C17H15Cl2N3. The normalized spacial score (nSPS) is 10.9. The van der Waals surface area contributed by atoms with E-state index in [-0.39, 0.29) is 0 Å². The van der Waals surface area contributed by atoms with Crippen LogP contribution in [0.25, 0.3) is 11.4 Å². The van der Waals surface area contributed by atoms with Crippen LogP contribution in [0.5, 0.6) is 0 Å². The summed E-state index contributed by atoms with van der Waals surface area (Å²) in [5.74, 6) is 0.716. The molecule has 1 heterocycles. The highest BCUT2D eigenvalue weighted by Crippen LogP contribution is 2.32. The first-order chi connectivity index (χ1) is 10.6.